The van der Waals surface area contributed by atoms with Gasteiger partial charge in [-0.15, -0.1) is 0 Å². The van der Waals surface area contributed by atoms with Crippen molar-refractivity contribution in [2.75, 3.05) is 0 Å². The van der Waals surface area contributed by atoms with Crippen molar-refractivity contribution < 1.29 is 0 Å². The number of benzene rings is 1. The van der Waals surface area contributed by atoms with Crippen LogP contribution in [0.25, 0.3) is 0 Å². The van der Waals surface area contributed by atoms with Crippen LogP contribution >= 0.6 is 0 Å². The summed E-state index contributed by atoms with van der Waals surface area (Å²) in [4.78, 5) is 2.46. The fourth-order valence-corrected chi connectivity index (χ4v) is 2.03. The molecule has 0 fully saturated rings. The Morgan fingerprint density at radius 3 is 2.41 bits per heavy atom. The van der Waals surface area contributed by atoms with Gasteiger partial charge in [-0.25, -0.2) is 0 Å². The van der Waals surface area contributed by atoms with Crippen LogP contribution in [0.4, 0.5) is 0 Å². The molecule has 1 rings (SSSR count). The van der Waals surface area contributed by atoms with E-state index in [-0.39, 0.29) is 0 Å². The second kappa shape index (κ2) is 6.40. The molecule has 0 atom stereocenters. The fraction of sp³-hybridized carbons (Fsp3) is 0.500. The molecule has 3 heteroatoms. The van der Waals surface area contributed by atoms with Crippen molar-refractivity contribution >= 4 is 6.21 Å². The van der Waals surface area contributed by atoms with Crippen molar-refractivity contribution in [3.8, 4) is 0 Å². The molecule has 0 aromatic heterocycles. The number of rotatable bonds is 5. The monoisotopic (exact) mass is 233 g/mol. The van der Waals surface area contributed by atoms with Gasteiger partial charge in [0.1, 0.15) is 0 Å². The lowest BCUT2D eigenvalue weighted by Gasteiger charge is -2.30. The summed E-state index contributed by atoms with van der Waals surface area (Å²) in [7, 11) is 0. The summed E-state index contributed by atoms with van der Waals surface area (Å²) in [5, 5.41) is 3.56. The summed E-state index contributed by atoms with van der Waals surface area (Å²) in [6, 6.07) is 9.42. The maximum absolute atomic E-state index is 5.17. The molecule has 0 aliphatic rings. The standard InChI is InChI=1S/C14H23N3/c1-11(2)17(12(3)4)10-14-7-5-6-13(8-14)9-16-15/h5-9,11-12H,10,15H2,1-4H3. The highest BCUT2D eigenvalue weighted by Gasteiger charge is 2.13. The smallest absolute Gasteiger partial charge is 0.0538 e. The minimum Gasteiger partial charge on any atom is -0.323 e. The molecule has 0 heterocycles. The topological polar surface area (TPSA) is 41.6 Å². The Morgan fingerprint density at radius 1 is 1.24 bits per heavy atom. The van der Waals surface area contributed by atoms with Gasteiger partial charge in [0.15, 0.2) is 0 Å². The molecule has 0 bridgehead atoms. The SMILES string of the molecule is CC(C)N(Cc1cccc(C=NN)c1)C(C)C. The van der Waals surface area contributed by atoms with Crippen molar-refractivity contribution in [1.29, 1.82) is 0 Å². The van der Waals surface area contributed by atoms with Gasteiger partial charge in [0.25, 0.3) is 0 Å². The zero-order chi connectivity index (χ0) is 12.8. The second-order valence-electron chi connectivity index (χ2n) is 4.88. The third kappa shape index (κ3) is 4.19. The first-order valence-corrected chi connectivity index (χ1v) is 6.12. The molecular formula is C14H23N3. The van der Waals surface area contributed by atoms with Gasteiger partial charge in [0.2, 0.25) is 0 Å². The summed E-state index contributed by atoms with van der Waals surface area (Å²) in [5.74, 6) is 5.17. The zero-order valence-electron chi connectivity index (χ0n) is 11.2. The van der Waals surface area contributed by atoms with Crippen LogP contribution in [-0.2, 0) is 6.54 Å². The molecule has 1 aromatic carbocycles. The van der Waals surface area contributed by atoms with Gasteiger partial charge >= 0.3 is 0 Å². The molecular weight excluding hydrogens is 210 g/mol. The Bertz CT molecular complexity index is 361. The van der Waals surface area contributed by atoms with Gasteiger partial charge < -0.3 is 5.84 Å². The van der Waals surface area contributed by atoms with Crippen LogP contribution in [0.5, 0.6) is 0 Å². The van der Waals surface area contributed by atoms with Crippen molar-refractivity contribution in [3.63, 3.8) is 0 Å². The van der Waals surface area contributed by atoms with Crippen molar-refractivity contribution in [1.82, 2.24) is 4.90 Å². The van der Waals surface area contributed by atoms with E-state index in [0.29, 0.717) is 12.1 Å². The van der Waals surface area contributed by atoms with Crippen LogP contribution in [0.3, 0.4) is 0 Å². The van der Waals surface area contributed by atoms with Gasteiger partial charge in [0, 0.05) is 18.6 Å². The minimum atomic E-state index is 0.543. The zero-order valence-corrected chi connectivity index (χ0v) is 11.2. The van der Waals surface area contributed by atoms with Crippen LogP contribution < -0.4 is 5.84 Å². The van der Waals surface area contributed by atoms with Crippen LogP contribution in [0.2, 0.25) is 0 Å². The first kappa shape index (κ1) is 13.7. The highest BCUT2D eigenvalue weighted by Crippen LogP contribution is 2.12. The minimum absolute atomic E-state index is 0.543. The molecule has 0 aliphatic heterocycles. The predicted molar refractivity (Wildman–Crippen MR) is 74.0 cm³/mol. The van der Waals surface area contributed by atoms with Crippen LogP contribution in [0, 0.1) is 0 Å². The summed E-state index contributed by atoms with van der Waals surface area (Å²) >= 11 is 0. The Balaban J connectivity index is 2.82. The summed E-state index contributed by atoms with van der Waals surface area (Å²) in [5.41, 5.74) is 2.35. The first-order valence-electron chi connectivity index (χ1n) is 6.12. The normalized spacial score (nSPS) is 12.2. The Hall–Kier alpha value is -1.35. The first-order chi connectivity index (χ1) is 8.04. The van der Waals surface area contributed by atoms with E-state index in [4.69, 9.17) is 5.84 Å². The average Bonchev–Trinajstić information content (AvgIpc) is 2.26. The van der Waals surface area contributed by atoms with E-state index in [1.807, 2.05) is 12.1 Å². The molecule has 2 N–H and O–H groups in total. The highest BCUT2D eigenvalue weighted by molar-refractivity contribution is 5.79. The number of hydrogen-bond donors (Lipinski definition) is 1. The molecule has 1 aromatic rings. The van der Waals surface area contributed by atoms with E-state index in [1.165, 1.54) is 5.56 Å². The Morgan fingerprint density at radius 2 is 1.88 bits per heavy atom. The molecule has 3 nitrogen and oxygen atoms in total. The van der Waals surface area contributed by atoms with Gasteiger partial charge in [-0.2, -0.15) is 5.10 Å². The molecule has 94 valence electrons. The van der Waals surface area contributed by atoms with Crippen LogP contribution in [0.1, 0.15) is 38.8 Å². The van der Waals surface area contributed by atoms with Gasteiger partial charge in [-0.3, -0.25) is 4.90 Å². The number of hydrazone groups is 1. The van der Waals surface area contributed by atoms with Gasteiger partial charge in [-0.1, -0.05) is 18.2 Å². The predicted octanol–water partition coefficient (Wildman–Crippen LogP) is 2.60. The number of nitrogens with zero attached hydrogens (tertiary/aromatic N) is 2. The maximum Gasteiger partial charge on any atom is 0.0538 e. The van der Waals surface area contributed by atoms with Crippen molar-refractivity contribution in [3.05, 3.63) is 35.4 Å². The van der Waals surface area contributed by atoms with E-state index in [0.717, 1.165) is 12.1 Å². The van der Waals surface area contributed by atoms with E-state index in [1.54, 1.807) is 6.21 Å². The van der Waals surface area contributed by atoms with Crippen molar-refractivity contribution in [2.45, 2.75) is 46.3 Å². The molecule has 0 amide bonds. The fourth-order valence-electron chi connectivity index (χ4n) is 2.03. The van der Waals surface area contributed by atoms with E-state index < -0.39 is 0 Å². The lowest BCUT2D eigenvalue weighted by Crippen LogP contribution is -2.36. The quantitative estimate of drug-likeness (QED) is 0.482. The third-order valence-corrected chi connectivity index (χ3v) is 2.87. The Kier molecular flexibility index (Phi) is 5.16. The highest BCUT2D eigenvalue weighted by atomic mass is 15.2. The largest absolute Gasteiger partial charge is 0.323 e. The molecule has 0 aliphatic carbocycles. The molecule has 0 radical (unpaired) electrons. The maximum atomic E-state index is 5.17. The van der Waals surface area contributed by atoms with E-state index >= 15 is 0 Å². The van der Waals surface area contributed by atoms with E-state index in [9.17, 15) is 0 Å². The van der Waals surface area contributed by atoms with E-state index in [2.05, 4.69) is 49.8 Å². The second-order valence-corrected chi connectivity index (χ2v) is 4.88. The van der Waals surface area contributed by atoms with Crippen molar-refractivity contribution in [2.24, 2.45) is 10.9 Å². The number of nitrogens with two attached hydrogens (primary N) is 1. The Labute approximate surface area is 104 Å². The van der Waals surface area contributed by atoms with Crippen LogP contribution in [0.15, 0.2) is 29.4 Å². The lowest BCUT2D eigenvalue weighted by atomic mass is 10.1. The number of hydrogen-bond acceptors (Lipinski definition) is 3. The summed E-state index contributed by atoms with van der Waals surface area (Å²) < 4.78 is 0. The molecule has 17 heavy (non-hydrogen) atoms. The van der Waals surface area contributed by atoms with Gasteiger partial charge in [0.05, 0.1) is 6.21 Å². The summed E-state index contributed by atoms with van der Waals surface area (Å²) in [6.07, 6.45) is 1.68. The molecule has 0 unspecified atom stereocenters. The summed E-state index contributed by atoms with van der Waals surface area (Å²) in [6.45, 7) is 9.87. The molecule has 0 saturated carbocycles. The average molecular weight is 233 g/mol. The molecule has 0 spiro atoms. The lowest BCUT2D eigenvalue weighted by molar-refractivity contribution is 0.166. The van der Waals surface area contributed by atoms with Crippen LogP contribution in [-0.4, -0.2) is 23.2 Å². The molecule has 0 saturated heterocycles. The van der Waals surface area contributed by atoms with Gasteiger partial charge in [-0.05, 0) is 44.9 Å². The third-order valence-electron chi connectivity index (χ3n) is 2.87.